The van der Waals surface area contributed by atoms with Gasteiger partial charge in [-0.25, -0.2) is 0 Å². The van der Waals surface area contributed by atoms with Gasteiger partial charge in [0.15, 0.2) is 0 Å². The van der Waals surface area contributed by atoms with Crippen molar-refractivity contribution in [2.45, 2.75) is 13.3 Å². The second-order valence-electron chi connectivity index (χ2n) is 3.72. The highest BCUT2D eigenvalue weighted by molar-refractivity contribution is 9.10. The van der Waals surface area contributed by atoms with Crippen LogP contribution >= 0.6 is 15.9 Å². The molecule has 86 valence electrons. The number of halogens is 1. The maximum Gasteiger partial charge on any atom is 0.212 e. The Kier molecular flexibility index (Phi) is 3.69. The summed E-state index contributed by atoms with van der Waals surface area (Å²) < 4.78 is 0.729. The Labute approximate surface area is 109 Å². The summed E-state index contributed by atoms with van der Waals surface area (Å²) in [5, 5.41) is 0. The molecule has 0 atom stereocenters. The first-order chi connectivity index (χ1) is 8.22. The molecule has 0 amide bonds. The number of nitrogens with zero attached hydrogens (tertiary/aromatic N) is 1. The number of aryl methyl sites for hydroxylation is 1. The zero-order valence-corrected chi connectivity index (χ0v) is 11.1. The summed E-state index contributed by atoms with van der Waals surface area (Å²) in [5.74, 6) is -0.0484. The first-order valence-electron chi connectivity index (χ1n) is 5.46. The third-order valence-electron chi connectivity index (χ3n) is 2.57. The summed E-state index contributed by atoms with van der Waals surface area (Å²) in [5.41, 5.74) is 2.30. The van der Waals surface area contributed by atoms with Crippen LogP contribution in [0.4, 0.5) is 0 Å². The number of carbonyl (C=O) groups is 1. The Bertz CT molecular complexity index is 551. The van der Waals surface area contributed by atoms with Gasteiger partial charge in [0, 0.05) is 16.2 Å². The minimum absolute atomic E-state index is 0.0484. The lowest BCUT2D eigenvalue weighted by molar-refractivity contribution is 0.103. The van der Waals surface area contributed by atoms with E-state index >= 15 is 0 Å². The van der Waals surface area contributed by atoms with Crippen LogP contribution < -0.4 is 0 Å². The number of benzene rings is 1. The van der Waals surface area contributed by atoms with Crippen LogP contribution in [0.15, 0.2) is 47.1 Å². The number of rotatable bonds is 3. The van der Waals surface area contributed by atoms with Crippen molar-refractivity contribution < 1.29 is 4.79 Å². The van der Waals surface area contributed by atoms with Gasteiger partial charge in [-0.1, -0.05) is 25.1 Å². The van der Waals surface area contributed by atoms with Gasteiger partial charge in [-0.3, -0.25) is 9.78 Å². The molecule has 17 heavy (non-hydrogen) atoms. The van der Waals surface area contributed by atoms with Gasteiger partial charge in [-0.2, -0.15) is 0 Å². The van der Waals surface area contributed by atoms with Crippen molar-refractivity contribution in [3.05, 3.63) is 63.9 Å². The maximum atomic E-state index is 12.2. The Balaban J connectivity index is 2.40. The van der Waals surface area contributed by atoms with Crippen LogP contribution in [0, 0.1) is 0 Å². The third-order valence-corrected chi connectivity index (χ3v) is 3.21. The van der Waals surface area contributed by atoms with Gasteiger partial charge in [-0.05, 0) is 46.1 Å². The molecule has 2 nitrogen and oxygen atoms in total. The molecule has 0 aliphatic carbocycles. The molecule has 0 saturated carbocycles. The van der Waals surface area contributed by atoms with Gasteiger partial charge >= 0.3 is 0 Å². The fraction of sp³-hybridized carbons (Fsp3) is 0.143. The van der Waals surface area contributed by atoms with E-state index in [1.54, 1.807) is 12.3 Å². The largest absolute Gasteiger partial charge is 0.287 e. The highest BCUT2D eigenvalue weighted by Crippen LogP contribution is 2.18. The summed E-state index contributed by atoms with van der Waals surface area (Å²) >= 11 is 3.35. The van der Waals surface area contributed by atoms with E-state index in [1.807, 2.05) is 30.3 Å². The second kappa shape index (κ2) is 5.23. The predicted octanol–water partition coefficient (Wildman–Crippen LogP) is 3.64. The first-order valence-corrected chi connectivity index (χ1v) is 6.26. The number of pyridine rings is 1. The van der Waals surface area contributed by atoms with Crippen LogP contribution in [0.2, 0.25) is 0 Å². The highest BCUT2D eigenvalue weighted by atomic mass is 79.9. The molecule has 0 aliphatic heterocycles. The number of ketones is 1. The molecular formula is C14H12BrNO. The quantitative estimate of drug-likeness (QED) is 0.808. The Morgan fingerprint density at radius 3 is 2.82 bits per heavy atom. The summed E-state index contributed by atoms with van der Waals surface area (Å²) in [6.45, 7) is 2.07. The SMILES string of the molecule is CCc1cccc(C(=O)c2ncccc2Br)c1. The molecule has 3 heteroatoms. The number of aromatic nitrogens is 1. The molecule has 1 aromatic heterocycles. The van der Waals surface area contributed by atoms with Gasteiger partial charge < -0.3 is 0 Å². The number of carbonyl (C=O) groups excluding carboxylic acids is 1. The molecule has 0 bridgehead atoms. The Hall–Kier alpha value is -1.48. The van der Waals surface area contributed by atoms with Gasteiger partial charge in [-0.15, -0.1) is 0 Å². The Morgan fingerprint density at radius 1 is 1.29 bits per heavy atom. The average molecular weight is 290 g/mol. The zero-order valence-electron chi connectivity index (χ0n) is 9.48. The van der Waals surface area contributed by atoms with E-state index in [-0.39, 0.29) is 5.78 Å². The standard InChI is InChI=1S/C14H12BrNO/c1-2-10-5-3-6-11(9-10)14(17)13-12(15)7-4-8-16-13/h3-9H,2H2,1H3. The summed E-state index contributed by atoms with van der Waals surface area (Å²) in [6.07, 6.45) is 2.55. The first kappa shape index (κ1) is 12.0. The van der Waals surface area contributed by atoms with Crippen molar-refractivity contribution in [2.24, 2.45) is 0 Å². The predicted molar refractivity (Wildman–Crippen MR) is 71.2 cm³/mol. The monoisotopic (exact) mass is 289 g/mol. The van der Waals surface area contributed by atoms with E-state index in [0.717, 1.165) is 16.5 Å². The fourth-order valence-corrected chi connectivity index (χ4v) is 2.06. The number of hydrogen-bond acceptors (Lipinski definition) is 2. The van der Waals surface area contributed by atoms with Gasteiger partial charge in [0.1, 0.15) is 5.69 Å². The summed E-state index contributed by atoms with van der Waals surface area (Å²) in [4.78, 5) is 16.4. The molecule has 2 aromatic rings. The normalized spacial score (nSPS) is 10.2. The van der Waals surface area contributed by atoms with E-state index < -0.39 is 0 Å². The van der Waals surface area contributed by atoms with Crippen molar-refractivity contribution in [3.63, 3.8) is 0 Å². The van der Waals surface area contributed by atoms with Crippen molar-refractivity contribution >= 4 is 21.7 Å². The molecule has 2 rings (SSSR count). The van der Waals surface area contributed by atoms with Crippen LogP contribution in [0.25, 0.3) is 0 Å². The summed E-state index contributed by atoms with van der Waals surface area (Å²) in [7, 11) is 0. The molecule has 1 heterocycles. The summed E-state index contributed by atoms with van der Waals surface area (Å²) in [6, 6.07) is 11.3. The molecule has 0 unspecified atom stereocenters. The van der Waals surface area contributed by atoms with Gasteiger partial charge in [0.25, 0.3) is 0 Å². The van der Waals surface area contributed by atoms with Crippen LogP contribution in [0.5, 0.6) is 0 Å². The zero-order chi connectivity index (χ0) is 12.3. The van der Waals surface area contributed by atoms with E-state index in [1.165, 1.54) is 0 Å². The minimum atomic E-state index is -0.0484. The van der Waals surface area contributed by atoms with Crippen molar-refractivity contribution in [1.82, 2.24) is 4.98 Å². The van der Waals surface area contributed by atoms with E-state index in [2.05, 4.69) is 27.8 Å². The van der Waals surface area contributed by atoms with Gasteiger partial charge in [0.05, 0.1) is 0 Å². The topological polar surface area (TPSA) is 30.0 Å². The lowest BCUT2D eigenvalue weighted by Crippen LogP contribution is -2.05. The van der Waals surface area contributed by atoms with E-state index in [0.29, 0.717) is 11.3 Å². The fourth-order valence-electron chi connectivity index (χ4n) is 1.62. The lowest BCUT2D eigenvalue weighted by Gasteiger charge is -2.04. The molecular weight excluding hydrogens is 278 g/mol. The molecule has 0 saturated heterocycles. The van der Waals surface area contributed by atoms with E-state index in [4.69, 9.17) is 0 Å². The van der Waals surface area contributed by atoms with Crippen LogP contribution in [-0.4, -0.2) is 10.8 Å². The van der Waals surface area contributed by atoms with Gasteiger partial charge in [0.2, 0.25) is 5.78 Å². The molecule has 0 aliphatic rings. The molecule has 0 N–H and O–H groups in total. The second-order valence-corrected chi connectivity index (χ2v) is 4.57. The maximum absolute atomic E-state index is 12.2. The molecule has 1 aromatic carbocycles. The van der Waals surface area contributed by atoms with Crippen molar-refractivity contribution in [3.8, 4) is 0 Å². The minimum Gasteiger partial charge on any atom is -0.287 e. The average Bonchev–Trinajstić information content (AvgIpc) is 2.38. The third kappa shape index (κ3) is 2.61. The lowest BCUT2D eigenvalue weighted by atomic mass is 10.0. The van der Waals surface area contributed by atoms with Crippen LogP contribution in [-0.2, 0) is 6.42 Å². The van der Waals surface area contributed by atoms with Crippen molar-refractivity contribution in [1.29, 1.82) is 0 Å². The number of hydrogen-bond donors (Lipinski definition) is 0. The van der Waals surface area contributed by atoms with Crippen LogP contribution in [0.1, 0.15) is 28.5 Å². The Morgan fingerprint density at radius 2 is 2.12 bits per heavy atom. The highest BCUT2D eigenvalue weighted by Gasteiger charge is 2.13. The smallest absolute Gasteiger partial charge is 0.212 e. The molecule has 0 spiro atoms. The van der Waals surface area contributed by atoms with E-state index in [9.17, 15) is 4.79 Å². The molecule has 0 radical (unpaired) electrons. The van der Waals surface area contributed by atoms with Crippen molar-refractivity contribution in [2.75, 3.05) is 0 Å². The van der Waals surface area contributed by atoms with Crippen LogP contribution in [0.3, 0.4) is 0 Å². The molecule has 0 fully saturated rings.